The lowest BCUT2D eigenvalue weighted by Gasteiger charge is -2.47. The zero-order valence-corrected chi connectivity index (χ0v) is 13.1. The average Bonchev–Trinajstić information content (AvgIpc) is 2.42. The van der Waals surface area contributed by atoms with Crippen LogP contribution in [0.5, 0.6) is 5.75 Å². The SMILES string of the molecule is COc1ccccc1NC(=O)CNCC1(N(C)C)CCC1. The Morgan fingerprint density at radius 3 is 2.62 bits per heavy atom. The molecule has 0 atom stereocenters. The lowest BCUT2D eigenvalue weighted by Crippen LogP contribution is -2.57. The monoisotopic (exact) mass is 291 g/mol. The molecule has 0 aliphatic heterocycles. The van der Waals surface area contributed by atoms with Crippen LogP contribution in [0.4, 0.5) is 5.69 Å². The number of hydrogen-bond acceptors (Lipinski definition) is 4. The Hall–Kier alpha value is -1.59. The molecule has 116 valence electrons. The van der Waals surface area contributed by atoms with Crippen LogP contribution < -0.4 is 15.4 Å². The highest BCUT2D eigenvalue weighted by Gasteiger charge is 2.38. The maximum absolute atomic E-state index is 12.0. The highest BCUT2D eigenvalue weighted by atomic mass is 16.5. The van der Waals surface area contributed by atoms with Crippen LogP contribution in [-0.2, 0) is 4.79 Å². The molecule has 0 radical (unpaired) electrons. The maximum Gasteiger partial charge on any atom is 0.238 e. The van der Waals surface area contributed by atoms with E-state index in [9.17, 15) is 4.79 Å². The van der Waals surface area contributed by atoms with Crippen molar-refractivity contribution in [1.29, 1.82) is 0 Å². The smallest absolute Gasteiger partial charge is 0.238 e. The largest absolute Gasteiger partial charge is 0.495 e. The first-order valence-corrected chi connectivity index (χ1v) is 7.38. The molecule has 1 saturated carbocycles. The molecule has 0 bridgehead atoms. The molecular weight excluding hydrogens is 266 g/mol. The van der Waals surface area contributed by atoms with Gasteiger partial charge in [0.1, 0.15) is 5.75 Å². The fourth-order valence-corrected chi connectivity index (χ4v) is 2.72. The predicted octanol–water partition coefficient (Wildman–Crippen LogP) is 1.71. The molecule has 5 heteroatoms. The van der Waals surface area contributed by atoms with Crippen molar-refractivity contribution in [3.05, 3.63) is 24.3 Å². The number of rotatable bonds is 7. The van der Waals surface area contributed by atoms with Crippen LogP contribution in [-0.4, -0.2) is 50.6 Å². The van der Waals surface area contributed by atoms with Gasteiger partial charge in [-0.2, -0.15) is 0 Å². The van der Waals surface area contributed by atoms with E-state index in [1.807, 2.05) is 24.3 Å². The van der Waals surface area contributed by atoms with Crippen LogP contribution in [0.15, 0.2) is 24.3 Å². The third kappa shape index (κ3) is 3.74. The summed E-state index contributed by atoms with van der Waals surface area (Å²) in [6.45, 7) is 1.16. The summed E-state index contributed by atoms with van der Waals surface area (Å²) in [6.07, 6.45) is 3.66. The number of hydrogen-bond donors (Lipinski definition) is 2. The lowest BCUT2D eigenvalue weighted by molar-refractivity contribution is -0.115. The molecule has 2 rings (SSSR count). The number of methoxy groups -OCH3 is 1. The maximum atomic E-state index is 12.0. The number of para-hydroxylation sites is 2. The standard InChI is InChI=1S/C16H25N3O2/c1-19(2)16(9-6-10-16)12-17-11-15(20)18-13-7-4-5-8-14(13)21-3/h4-5,7-8,17H,6,9-12H2,1-3H3,(H,18,20). The summed E-state index contributed by atoms with van der Waals surface area (Å²) in [4.78, 5) is 14.3. The van der Waals surface area contributed by atoms with Crippen molar-refractivity contribution in [2.75, 3.05) is 39.6 Å². The van der Waals surface area contributed by atoms with Crippen molar-refractivity contribution in [3.63, 3.8) is 0 Å². The molecule has 1 aliphatic rings. The van der Waals surface area contributed by atoms with Gasteiger partial charge < -0.3 is 20.3 Å². The van der Waals surface area contributed by atoms with Crippen molar-refractivity contribution in [2.24, 2.45) is 0 Å². The second-order valence-corrected chi connectivity index (χ2v) is 5.82. The van der Waals surface area contributed by atoms with Crippen LogP contribution in [0.25, 0.3) is 0 Å². The number of nitrogens with zero attached hydrogens (tertiary/aromatic N) is 1. The van der Waals surface area contributed by atoms with Gasteiger partial charge >= 0.3 is 0 Å². The molecule has 0 spiro atoms. The van der Waals surface area contributed by atoms with E-state index < -0.39 is 0 Å². The van der Waals surface area contributed by atoms with E-state index in [-0.39, 0.29) is 11.4 Å². The number of anilines is 1. The van der Waals surface area contributed by atoms with Crippen molar-refractivity contribution < 1.29 is 9.53 Å². The summed E-state index contributed by atoms with van der Waals surface area (Å²) < 4.78 is 5.22. The van der Waals surface area contributed by atoms with Gasteiger partial charge in [-0.05, 0) is 45.5 Å². The molecule has 0 heterocycles. The first-order chi connectivity index (χ1) is 10.1. The van der Waals surface area contributed by atoms with Crippen LogP contribution in [0, 0.1) is 0 Å². The minimum Gasteiger partial charge on any atom is -0.495 e. The van der Waals surface area contributed by atoms with E-state index in [1.54, 1.807) is 7.11 Å². The van der Waals surface area contributed by atoms with Crippen molar-refractivity contribution in [1.82, 2.24) is 10.2 Å². The highest BCUT2D eigenvalue weighted by Crippen LogP contribution is 2.35. The van der Waals surface area contributed by atoms with Gasteiger partial charge in [0.15, 0.2) is 0 Å². The van der Waals surface area contributed by atoms with Gasteiger partial charge in [-0.3, -0.25) is 4.79 Å². The van der Waals surface area contributed by atoms with Gasteiger partial charge in [0.2, 0.25) is 5.91 Å². The first-order valence-electron chi connectivity index (χ1n) is 7.38. The summed E-state index contributed by atoms with van der Waals surface area (Å²) in [5.74, 6) is 0.627. The van der Waals surface area contributed by atoms with Crippen molar-refractivity contribution >= 4 is 11.6 Å². The van der Waals surface area contributed by atoms with Gasteiger partial charge in [0.25, 0.3) is 0 Å². The van der Waals surface area contributed by atoms with Gasteiger partial charge in [-0.15, -0.1) is 0 Å². The number of amides is 1. The Morgan fingerprint density at radius 1 is 1.33 bits per heavy atom. The summed E-state index contributed by atoms with van der Waals surface area (Å²) in [6, 6.07) is 7.42. The zero-order valence-electron chi connectivity index (χ0n) is 13.1. The molecule has 0 unspecified atom stereocenters. The minimum atomic E-state index is -0.0484. The number of likely N-dealkylation sites (N-methyl/N-ethyl adjacent to an activating group) is 1. The third-order valence-electron chi connectivity index (χ3n) is 4.35. The Morgan fingerprint density at radius 2 is 2.05 bits per heavy atom. The van der Waals surface area contributed by atoms with E-state index in [4.69, 9.17) is 4.74 Å². The highest BCUT2D eigenvalue weighted by molar-refractivity contribution is 5.93. The summed E-state index contributed by atoms with van der Waals surface area (Å²) in [7, 11) is 5.81. The van der Waals surface area contributed by atoms with E-state index in [0.717, 1.165) is 6.54 Å². The molecule has 1 aliphatic carbocycles. The molecule has 1 aromatic carbocycles. The molecule has 1 amide bonds. The fraction of sp³-hybridized carbons (Fsp3) is 0.562. The molecule has 2 N–H and O–H groups in total. The van der Waals surface area contributed by atoms with Crippen LogP contribution >= 0.6 is 0 Å². The van der Waals surface area contributed by atoms with E-state index >= 15 is 0 Å². The summed E-state index contributed by atoms with van der Waals surface area (Å²) in [5.41, 5.74) is 0.933. The second kappa shape index (κ2) is 6.91. The van der Waals surface area contributed by atoms with Gasteiger partial charge in [-0.25, -0.2) is 0 Å². The van der Waals surface area contributed by atoms with Crippen molar-refractivity contribution in [2.45, 2.75) is 24.8 Å². The zero-order chi connectivity index (χ0) is 15.3. The summed E-state index contributed by atoms with van der Waals surface area (Å²) in [5, 5.41) is 6.15. The Bertz CT molecular complexity index is 484. The van der Waals surface area contributed by atoms with Crippen LogP contribution in [0.3, 0.4) is 0 Å². The van der Waals surface area contributed by atoms with Crippen molar-refractivity contribution in [3.8, 4) is 5.75 Å². The van der Waals surface area contributed by atoms with E-state index in [1.165, 1.54) is 19.3 Å². The number of benzene rings is 1. The van der Waals surface area contributed by atoms with Gasteiger partial charge in [-0.1, -0.05) is 12.1 Å². The summed E-state index contributed by atoms with van der Waals surface area (Å²) >= 11 is 0. The predicted molar refractivity (Wildman–Crippen MR) is 84.8 cm³/mol. The molecule has 0 aromatic heterocycles. The van der Waals surface area contributed by atoms with Gasteiger partial charge in [0.05, 0.1) is 19.3 Å². The average molecular weight is 291 g/mol. The first kappa shape index (κ1) is 15.8. The number of carbonyl (C=O) groups is 1. The molecule has 0 saturated heterocycles. The normalized spacial score (nSPS) is 16.4. The van der Waals surface area contributed by atoms with E-state index in [2.05, 4.69) is 29.6 Å². The number of ether oxygens (including phenoxy) is 1. The lowest BCUT2D eigenvalue weighted by atomic mass is 9.75. The Labute approximate surface area is 126 Å². The molecule has 21 heavy (non-hydrogen) atoms. The van der Waals surface area contributed by atoms with E-state index in [0.29, 0.717) is 18.0 Å². The number of nitrogens with one attached hydrogen (secondary N) is 2. The Kier molecular flexibility index (Phi) is 5.20. The fourth-order valence-electron chi connectivity index (χ4n) is 2.72. The quantitative estimate of drug-likeness (QED) is 0.803. The third-order valence-corrected chi connectivity index (χ3v) is 4.35. The molecule has 1 aromatic rings. The van der Waals surface area contributed by atoms with Gasteiger partial charge in [0, 0.05) is 12.1 Å². The molecule has 5 nitrogen and oxygen atoms in total. The Balaban J connectivity index is 1.80. The molecular formula is C16H25N3O2. The minimum absolute atomic E-state index is 0.0484. The topological polar surface area (TPSA) is 53.6 Å². The van der Waals surface area contributed by atoms with Crippen LogP contribution in [0.1, 0.15) is 19.3 Å². The number of carbonyl (C=O) groups excluding carboxylic acids is 1. The van der Waals surface area contributed by atoms with Crippen LogP contribution in [0.2, 0.25) is 0 Å². The molecule has 1 fully saturated rings. The second-order valence-electron chi connectivity index (χ2n) is 5.82.